The van der Waals surface area contributed by atoms with Crippen molar-refractivity contribution in [2.24, 2.45) is 0 Å². The van der Waals surface area contributed by atoms with Crippen molar-refractivity contribution in [1.82, 2.24) is 4.90 Å². The maximum atomic E-state index is 9.01. The average molecular weight is 284 g/mol. The number of benzene rings is 1. The van der Waals surface area contributed by atoms with E-state index in [-0.39, 0.29) is 6.61 Å². The number of nitrogens with zero attached hydrogens (tertiary/aromatic N) is 1. The molecular weight excluding hydrogens is 262 g/mol. The highest BCUT2D eigenvalue weighted by molar-refractivity contribution is 6.30. The lowest BCUT2D eigenvalue weighted by Crippen LogP contribution is -2.33. The molecule has 0 spiro atoms. The van der Waals surface area contributed by atoms with E-state index in [0.29, 0.717) is 6.10 Å². The molecule has 1 fully saturated rings. The van der Waals surface area contributed by atoms with Gasteiger partial charge in [-0.05, 0) is 37.0 Å². The Labute approximate surface area is 120 Å². The molecule has 1 aromatic rings. The molecule has 19 heavy (non-hydrogen) atoms. The monoisotopic (exact) mass is 283 g/mol. The van der Waals surface area contributed by atoms with Crippen molar-refractivity contribution < 1.29 is 9.84 Å². The Morgan fingerprint density at radius 3 is 3.00 bits per heavy atom. The topological polar surface area (TPSA) is 32.7 Å². The van der Waals surface area contributed by atoms with Crippen LogP contribution in [0.15, 0.2) is 24.3 Å². The summed E-state index contributed by atoms with van der Waals surface area (Å²) >= 11 is 6.02. The van der Waals surface area contributed by atoms with E-state index in [4.69, 9.17) is 21.4 Å². The van der Waals surface area contributed by atoms with Gasteiger partial charge in [0, 0.05) is 37.9 Å². The summed E-state index contributed by atoms with van der Waals surface area (Å²) in [7, 11) is 0. The van der Waals surface area contributed by atoms with Crippen molar-refractivity contribution in [3.05, 3.63) is 34.9 Å². The third-order valence-electron chi connectivity index (χ3n) is 3.41. The molecule has 3 nitrogen and oxygen atoms in total. The zero-order chi connectivity index (χ0) is 13.5. The zero-order valence-electron chi connectivity index (χ0n) is 11.2. The van der Waals surface area contributed by atoms with E-state index in [9.17, 15) is 0 Å². The molecule has 2 rings (SSSR count). The van der Waals surface area contributed by atoms with Gasteiger partial charge in [-0.2, -0.15) is 0 Å². The van der Waals surface area contributed by atoms with E-state index in [0.717, 1.165) is 50.5 Å². The predicted molar refractivity (Wildman–Crippen MR) is 77.4 cm³/mol. The Morgan fingerprint density at radius 2 is 2.32 bits per heavy atom. The molecule has 1 atom stereocenters. The maximum Gasteiger partial charge on any atom is 0.0702 e. The van der Waals surface area contributed by atoms with Gasteiger partial charge < -0.3 is 9.84 Å². The zero-order valence-corrected chi connectivity index (χ0v) is 12.0. The lowest BCUT2D eigenvalue weighted by molar-refractivity contribution is 0.0681. The molecule has 1 unspecified atom stereocenters. The summed E-state index contributed by atoms with van der Waals surface area (Å²) in [6.45, 7) is 3.81. The van der Waals surface area contributed by atoms with Gasteiger partial charge in [0.25, 0.3) is 0 Å². The molecule has 1 aliphatic rings. The highest BCUT2D eigenvalue weighted by Crippen LogP contribution is 2.17. The third kappa shape index (κ3) is 5.11. The smallest absolute Gasteiger partial charge is 0.0702 e. The molecule has 0 amide bonds. The van der Waals surface area contributed by atoms with Gasteiger partial charge in [0.1, 0.15) is 0 Å². The second-order valence-corrected chi connectivity index (χ2v) is 5.51. The Morgan fingerprint density at radius 1 is 1.42 bits per heavy atom. The van der Waals surface area contributed by atoms with Crippen molar-refractivity contribution in [1.29, 1.82) is 0 Å². The van der Waals surface area contributed by atoms with Gasteiger partial charge in [-0.3, -0.25) is 4.90 Å². The highest BCUT2D eigenvalue weighted by Gasteiger charge is 2.19. The molecular formula is C15H22ClNO2. The van der Waals surface area contributed by atoms with Crippen LogP contribution in [-0.2, 0) is 11.3 Å². The van der Waals surface area contributed by atoms with E-state index in [1.165, 1.54) is 5.56 Å². The lowest BCUT2D eigenvalue weighted by atomic mass is 10.1. The van der Waals surface area contributed by atoms with Gasteiger partial charge in [0.15, 0.2) is 0 Å². The van der Waals surface area contributed by atoms with Gasteiger partial charge in [-0.15, -0.1) is 0 Å². The largest absolute Gasteiger partial charge is 0.396 e. The molecule has 0 bridgehead atoms. The quantitative estimate of drug-likeness (QED) is 0.835. The van der Waals surface area contributed by atoms with Gasteiger partial charge >= 0.3 is 0 Å². The van der Waals surface area contributed by atoms with E-state index >= 15 is 0 Å². The van der Waals surface area contributed by atoms with Crippen LogP contribution in [0.5, 0.6) is 0 Å². The van der Waals surface area contributed by atoms with Crippen molar-refractivity contribution in [3.8, 4) is 0 Å². The minimum absolute atomic E-state index is 0.234. The second kappa shape index (κ2) is 7.85. The first-order chi connectivity index (χ1) is 9.28. The van der Waals surface area contributed by atoms with Crippen molar-refractivity contribution >= 4 is 11.6 Å². The van der Waals surface area contributed by atoms with Crippen LogP contribution >= 0.6 is 11.6 Å². The minimum Gasteiger partial charge on any atom is -0.396 e. The Bertz CT molecular complexity index is 380. The van der Waals surface area contributed by atoms with E-state index in [1.807, 2.05) is 18.2 Å². The van der Waals surface area contributed by atoms with E-state index in [2.05, 4.69) is 11.0 Å². The number of aliphatic hydroxyl groups excluding tert-OH is 1. The summed E-state index contributed by atoms with van der Waals surface area (Å²) in [6, 6.07) is 7.97. The number of halogens is 1. The third-order valence-corrected chi connectivity index (χ3v) is 3.65. The maximum absolute atomic E-state index is 9.01. The molecule has 1 N–H and O–H groups in total. The average Bonchev–Trinajstić information content (AvgIpc) is 2.89. The number of aliphatic hydroxyl groups is 1. The Balaban J connectivity index is 1.92. The fraction of sp³-hybridized carbons (Fsp3) is 0.600. The molecule has 106 valence electrons. The molecule has 1 aliphatic heterocycles. The van der Waals surface area contributed by atoms with Crippen LogP contribution in [0.1, 0.15) is 24.8 Å². The van der Waals surface area contributed by atoms with Crippen molar-refractivity contribution in [2.45, 2.75) is 31.9 Å². The molecule has 0 saturated carbocycles. The summed E-state index contributed by atoms with van der Waals surface area (Å²) in [6.07, 6.45) is 3.45. The summed E-state index contributed by atoms with van der Waals surface area (Å²) in [5.74, 6) is 0. The number of ether oxygens (including phenoxy) is 1. The van der Waals surface area contributed by atoms with Crippen molar-refractivity contribution in [3.63, 3.8) is 0 Å². The first-order valence-corrected chi connectivity index (χ1v) is 7.35. The van der Waals surface area contributed by atoms with Crippen LogP contribution in [0, 0.1) is 0 Å². The van der Waals surface area contributed by atoms with Gasteiger partial charge in [-0.1, -0.05) is 23.7 Å². The van der Waals surface area contributed by atoms with Crippen LogP contribution in [0.2, 0.25) is 5.02 Å². The second-order valence-electron chi connectivity index (χ2n) is 5.08. The molecule has 4 heteroatoms. The number of hydrogen-bond acceptors (Lipinski definition) is 3. The first-order valence-electron chi connectivity index (χ1n) is 6.97. The normalized spacial score (nSPS) is 19.2. The van der Waals surface area contributed by atoms with Crippen LogP contribution < -0.4 is 0 Å². The fourth-order valence-electron chi connectivity index (χ4n) is 2.50. The molecule has 1 saturated heterocycles. The van der Waals surface area contributed by atoms with Crippen LogP contribution in [0.25, 0.3) is 0 Å². The summed E-state index contributed by atoms with van der Waals surface area (Å²) in [5.41, 5.74) is 1.21. The van der Waals surface area contributed by atoms with Gasteiger partial charge in [-0.25, -0.2) is 0 Å². The minimum atomic E-state index is 0.234. The molecule has 1 heterocycles. The highest BCUT2D eigenvalue weighted by atomic mass is 35.5. The summed E-state index contributed by atoms with van der Waals surface area (Å²) in [4.78, 5) is 2.35. The summed E-state index contributed by atoms with van der Waals surface area (Å²) in [5, 5.41) is 9.78. The lowest BCUT2D eigenvalue weighted by Gasteiger charge is -2.25. The van der Waals surface area contributed by atoms with Crippen LogP contribution in [-0.4, -0.2) is 42.4 Å². The summed E-state index contributed by atoms with van der Waals surface area (Å²) < 4.78 is 5.69. The predicted octanol–water partition coefficient (Wildman–Crippen LogP) is 2.70. The SMILES string of the molecule is OCCCN(Cc1cccc(Cl)c1)CC1CCCO1. The van der Waals surface area contributed by atoms with Crippen LogP contribution in [0.4, 0.5) is 0 Å². The standard InChI is InChI=1S/C15H22ClNO2/c16-14-5-1-4-13(10-14)11-17(7-3-8-18)12-15-6-2-9-19-15/h1,4-5,10,15,18H,2-3,6-9,11-12H2. The number of rotatable bonds is 7. The van der Waals surface area contributed by atoms with Crippen molar-refractivity contribution in [2.75, 3.05) is 26.3 Å². The van der Waals surface area contributed by atoms with E-state index in [1.54, 1.807) is 0 Å². The Kier molecular flexibility index (Phi) is 6.11. The fourth-order valence-corrected chi connectivity index (χ4v) is 2.71. The van der Waals surface area contributed by atoms with Gasteiger partial charge in [0.2, 0.25) is 0 Å². The molecule has 0 aliphatic carbocycles. The Hall–Kier alpha value is -0.610. The van der Waals surface area contributed by atoms with E-state index < -0.39 is 0 Å². The molecule has 0 aromatic heterocycles. The van der Waals surface area contributed by atoms with Crippen LogP contribution in [0.3, 0.4) is 0 Å². The number of hydrogen-bond donors (Lipinski definition) is 1. The van der Waals surface area contributed by atoms with Gasteiger partial charge in [0.05, 0.1) is 6.10 Å². The molecule has 1 aromatic carbocycles. The molecule has 0 radical (unpaired) electrons. The first kappa shape index (κ1) is 14.8.